The van der Waals surface area contributed by atoms with Crippen molar-refractivity contribution >= 4 is 18.3 Å². The fraction of sp³-hybridized carbons (Fsp3) is 0.562. The van der Waals surface area contributed by atoms with E-state index in [0.29, 0.717) is 0 Å². The molecule has 0 aliphatic heterocycles. The first-order chi connectivity index (χ1) is 8.93. The van der Waals surface area contributed by atoms with Crippen LogP contribution in [0.2, 0.25) is 0 Å². The molecule has 1 amide bonds. The van der Waals surface area contributed by atoms with Crippen molar-refractivity contribution in [3.05, 3.63) is 35.9 Å². The minimum Gasteiger partial charge on any atom is -0.351 e. The fourth-order valence-electron chi connectivity index (χ4n) is 1.97. The number of hydrogen-bond acceptors (Lipinski definition) is 2. The van der Waals surface area contributed by atoms with Crippen LogP contribution in [-0.4, -0.2) is 11.4 Å². The van der Waals surface area contributed by atoms with Crippen LogP contribution in [0.5, 0.6) is 0 Å². The molecule has 0 saturated carbocycles. The summed E-state index contributed by atoms with van der Waals surface area (Å²) in [5, 5.41) is 3.12. The van der Waals surface area contributed by atoms with Crippen LogP contribution in [0.4, 0.5) is 0 Å². The summed E-state index contributed by atoms with van der Waals surface area (Å²) in [5.74, 6) is -0.206. The second kappa shape index (κ2) is 8.28. The second-order valence-electron chi connectivity index (χ2n) is 5.48. The molecule has 0 aliphatic carbocycles. The van der Waals surface area contributed by atoms with Gasteiger partial charge in [-0.1, -0.05) is 51.1 Å². The van der Waals surface area contributed by atoms with Crippen LogP contribution < -0.4 is 11.1 Å². The topological polar surface area (TPSA) is 55.1 Å². The highest BCUT2D eigenvalue weighted by atomic mass is 35.5. The Hall–Kier alpha value is -1.06. The van der Waals surface area contributed by atoms with Gasteiger partial charge in [0.05, 0.1) is 5.92 Å². The molecule has 2 unspecified atom stereocenters. The van der Waals surface area contributed by atoms with Crippen molar-refractivity contribution in [2.24, 2.45) is 11.7 Å². The smallest absolute Gasteiger partial charge is 0.225 e. The molecule has 0 heterocycles. The second-order valence-corrected chi connectivity index (χ2v) is 5.48. The molecule has 0 saturated heterocycles. The summed E-state index contributed by atoms with van der Waals surface area (Å²) < 4.78 is 0. The third-order valence-electron chi connectivity index (χ3n) is 4.12. The molecule has 3 N–H and O–H groups in total. The lowest BCUT2D eigenvalue weighted by molar-refractivity contribution is -0.127. The number of benzene rings is 1. The molecule has 1 rings (SSSR count). The van der Waals surface area contributed by atoms with Gasteiger partial charge < -0.3 is 11.1 Å². The normalized spacial score (nSPS) is 14.1. The molecule has 3 nitrogen and oxygen atoms in total. The van der Waals surface area contributed by atoms with E-state index in [1.165, 1.54) is 0 Å². The van der Waals surface area contributed by atoms with E-state index in [-0.39, 0.29) is 35.8 Å². The zero-order chi connectivity index (χ0) is 14.5. The monoisotopic (exact) mass is 298 g/mol. The average molecular weight is 299 g/mol. The molecule has 0 aromatic heterocycles. The maximum atomic E-state index is 12.3. The van der Waals surface area contributed by atoms with Crippen LogP contribution in [0.3, 0.4) is 0 Å². The largest absolute Gasteiger partial charge is 0.351 e. The number of nitrogens with two attached hydrogens (primary N) is 1. The maximum Gasteiger partial charge on any atom is 0.225 e. The van der Waals surface area contributed by atoms with Gasteiger partial charge in [0.15, 0.2) is 0 Å². The van der Waals surface area contributed by atoms with E-state index in [2.05, 4.69) is 26.1 Å². The predicted molar refractivity (Wildman–Crippen MR) is 86.9 cm³/mol. The number of halogens is 1. The van der Waals surface area contributed by atoms with Gasteiger partial charge in [0.2, 0.25) is 5.91 Å². The molecule has 114 valence electrons. The van der Waals surface area contributed by atoms with Gasteiger partial charge in [-0.3, -0.25) is 4.79 Å². The average Bonchev–Trinajstić information content (AvgIpc) is 2.46. The van der Waals surface area contributed by atoms with Crippen LogP contribution in [0.15, 0.2) is 30.3 Å². The summed E-state index contributed by atoms with van der Waals surface area (Å²) in [7, 11) is 0. The van der Waals surface area contributed by atoms with Crippen LogP contribution in [0.1, 0.15) is 52.1 Å². The zero-order valence-corrected chi connectivity index (χ0v) is 13.7. The Morgan fingerprint density at radius 1 is 1.25 bits per heavy atom. The summed E-state index contributed by atoms with van der Waals surface area (Å²) >= 11 is 0. The van der Waals surface area contributed by atoms with E-state index in [1.807, 2.05) is 37.3 Å². The Morgan fingerprint density at radius 3 is 2.20 bits per heavy atom. The van der Waals surface area contributed by atoms with Gasteiger partial charge in [-0.05, 0) is 25.3 Å². The highest BCUT2D eigenvalue weighted by molar-refractivity contribution is 5.85. The molecule has 2 atom stereocenters. The van der Waals surface area contributed by atoms with Crippen molar-refractivity contribution in [3.63, 3.8) is 0 Å². The van der Waals surface area contributed by atoms with Gasteiger partial charge in [0.25, 0.3) is 0 Å². The molecule has 0 fully saturated rings. The van der Waals surface area contributed by atoms with E-state index in [9.17, 15) is 4.79 Å². The third-order valence-corrected chi connectivity index (χ3v) is 4.12. The van der Waals surface area contributed by atoms with E-state index in [1.54, 1.807) is 0 Å². The lowest BCUT2D eigenvalue weighted by Crippen LogP contribution is -2.48. The predicted octanol–water partition coefficient (Wildman–Crippen LogP) is 3.44. The number of nitrogens with one attached hydrogen (secondary N) is 1. The van der Waals surface area contributed by atoms with Crippen molar-refractivity contribution in [3.8, 4) is 0 Å². The first-order valence-electron chi connectivity index (χ1n) is 7.06. The number of carbonyl (C=O) groups excluding carboxylic acids is 1. The van der Waals surface area contributed by atoms with Crippen molar-refractivity contribution < 1.29 is 4.79 Å². The quantitative estimate of drug-likeness (QED) is 0.845. The Balaban J connectivity index is 0.00000361. The Bertz CT molecular complexity index is 404. The first kappa shape index (κ1) is 18.9. The maximum absolute atomic E-state index is 12.3. The molecule has 0 spiro atoms. The lowest BCUT2D eigenvalue weighted by atomic mass is 9.91. The minimum absolute atomic E-state index is 0. The number of carbonyl (C=O) groups is 1. The van der Waals surface area contributed by atoms with Crippen molar-refractivity contribution in [2.45, 2.75) is 52.1 Å². The molecule has 1 aromatic rings. The molecule has 0 radical (unpaired) electrons. The SMILES string of the molecule is CCC(C)(CC)NC(=O)C(C)C(N)c1ccccc1.Cl. The Labute approximate surface area is 128 Å². The van der Waals surface area contributed by atoms with Gasteiger partial charge in [-0.15, -0.1) is 12.4 Å². The van der Waals surface area contributed by atoms with Gasteiger partial charge in [0, 0.05) is 11.6 Å². The van der Waals surface area contributed by atoms with Gasteiger partial charge in [-0.2, -0.15) is 0 Å². The van der Waals surface area contributed by atoms with Gasteiger partial charge >= 0.3 is 0 Å². The number of amides is 1. The Kier molecular flexibility index (Phi) is 7.84. The summed E-state index contributed by atoms with van der Waals surface area (Å²) in [6.45, 7) is 8.14. The highest BCUT2D eigenvalue weighted by Gasteiger charge is 2.28. The molecule has 1 aromatic carbocycles. The molecular formula is C16H27ClN2O. The summed E-state index contributed by atoms with van der Waals surface area (Å²) in [4.78, 5) is 12.3. The molecule has 20 heavy (non-hydrogen) atoms. The first-order valence-corrected chi connectivity index (χ1v) is 7.06. The fourth-order valence-corrected chi connectivity index (χ4v) is 1.97. The third kappa shape index (κ3) is 4.80. The van der Waals surface area contributed by atoms with E-state index >= 15 is 0 Å². The highest BCUT2D eigenvalue weighted by Crippen LogP contribution is 2.21. The standard InChI is InChI=1S/C16H26N2O.ClH/c1-5-16(4,6-2)18-15(19)12(3)14(17)13-10-8-7-9-11-13;/h7-12,14H,5-6,17H2,1-4H3,(H,18,19);1H. The molecule has 4 heteroatoms. The van der Waals surface area contributed by atoms with E-state index in [4.69, 9.17) is 5.73 Å². The van der Waals surface area contributed by atoms with E-state index < -0.39 is 0 Å². The van der Waals surface area contributed by atoms with Gasteiger partial charge in [0.1, 0.15) is 0 Å². The summed E-state index contributed by atoms with van der Waals surface area (Å²) in [6.07, 6.45) is 1.84. The molecular weight excluding hydrogens is 272 g/mol. The molecule has 0 aliphatic rings. The number of hydrogen-bond donors (Lipinski definition) is 2. The minimum atomic E-state index is -0.265. The van der Waals surface area contributed by atoms with Crippen molar-refractivity contribution in [1.29, 1.82) is 0 Å². The molecule has 0 bridgehead atoms. The summed E-state index contributed by atoms with van der Waals surface area (Å²) in [5.41, 5.74) is 7.04. The zero-order valence-electron chi connectivity index (χ0n) is 12.8. The van der Waals surface area contributed by atoms with Crippen molar-refractivity contribution in [2.75, 3.05) is 0 Å². The van der Waals surface area contributed by atoms with Crippen molar-refractivity contribution in [1.82, 2.24) is 5.32 Å². The van der Waals surface area contributed by atoms with Gasteiger partial charge in [-0.25, -0.2) is 0 Å². The van der Waals surface area contributed by atoms with E-state index in [0.717, 1.165) is 18.4 Å². The summed E-state index contributed by atoms with van der Waals surface area (Å²) in [6, 6.07) is 9.51. The Morgan fingerprint density at radius 2 is 1.75 bits per heavy atom. The number of rotatable bonds is 6. The van der Waals surface area contributed by atoms with Crippen LogP contribution in [0, 0.1) is 5.92 Å². The van der Waals surface area contributed by atoms with Crippen LogP contribution >= 0.6 is 12.4 Å². The van der Waals surface area contributed by atoms with Crippen LogP contribution in [-0.2, 0) is 4.79 Å². The lowest BCUT2D eigenvalue weighted by Gasteiger charge is -2.31. The van der Waals surface area contributed by atoms with Crippen LogP contribution in [0.25, 0.3) is 0 Å².